The zero-order valence-corrected chi connectivity index (χ0v) is 19.3. The lowest BCUT2D eigenvalue weighted by atomic mass is 10.1. The van der Waals surface area contributed by atoms with Gasteiger partial charge in [0.1, 0.15) is 18.0 Å². The van der Waals surface area contributed by atoms with Crippen molar-refractivity contribution >= 4 is 40.7 Å². The van der Waals surface area contributed by atoms with Gasteiger partial charge in [-0.2, -0.15) is 9.43 Å². The molecule has 0 bridgehead atoms. The average Bonchev–Trinajstić information content (AvgIpc) is 3.24. The molecule has 1 aliphatic rings. The van der Waals surface area contributed by atoms with Crippen molar-refractivity contribution in [3.05, 3.63) is 36.5 Å². The van der Waals surface area contributed by atoms with Crippen LogP contribution in [0.15, 0.2) is 35.6 Å². The Morgan fingerprint density at radius 2 is 2.06 bits per heavy atom. The molecular weight excluding hydrogens is 451 g/mol. The number of hydrogen-bond acceptors (Lipinski definition) is 9. The van der Waals surface area contributed by atoms with E-state index in [9.17, 15) is 9.18 Å². The van der Waals surface area contributed by atoms with E-state index in [1.807, 2.05) is 18.5 Å². The summed E-state index contributed by atoms with van der Waals surface area (Å²) in [4.78, 5) is 27.6. The van der Waals surface area contributed by atoms with Crippen molar-refractivity contribution in [1.82, 2.24) is 24.6 Å². The van der Waals surface area contributed by atoms with Gasteiger partial charge in [0.05, 0.1) is 48.6 Å². The molecule has 0 atom stereocenters. The highest BCUT2D eigenvalue weighted by atomic mass is 32.2. The molecule has 2 aromatic heterocycles. The molecule has 4 rings (SSSR count). The van der Waals surface area contributed by atoms with Crippen molar-refractivity contribution in [2.24, 2.45) is 0 Å². The summed E-state index contributed by atoms with van der Waals surface area (Å²) in [5.41, 5.74) is 0.915. The van der Waals surface area contributed by atoms with Crippen molar-refractivity contribution in [1.29, 1.82) is 0 Å². The van der Waals surface area contributed by atoms with Crippen LogP contribution in [0.3, 0.4) is 0 Å². The molecule has 1 saturated heterocycles. The van der Waals surface area contributed by atoms with Crippen molar-refractivity contribution in [3.8, 4) is 0 Å². The smallest absolute Gasteiger partial charge is 0.410 e. The van der Waals surface area contributed by atoms with Gasteiger partial charge in [-0.15, -0.1) is 0 Å². The van der Waals surface area contributed by atoms with Crippen LogP contribution in [0, 0.1) is 5.82 Å². The molecule has 0 saturated carbocycles. The molecule has 176 valence electrons. The number of nitrogens with zero attached hydrogens (tertiary/aromatic N) is 5. The number of fused-ring (bicyclic) bond motifs is 1. The van der Waals surface area contributed by atoms with Gasteiger partial charge in [0.25, 0.3) is 0 Å². The van der Waals surface area contributed by atoms with Crippen LogP contribution in [-0.4, -0.2) is 57.0 Å². The number of carbonyl (C=O) groups is 1. The molecule has 3 aromatic rings. The van der Waals surface area contributed by atoms with Gasteiger partial charge in [-0.1, -0.05) is 0 Å². The average molecular weight is 477 g/mol. The molecule has 33 heavy (non-hydrogen) atoms. The normalized spacial score (nSPS) is 14.8. The Hall–Kier alpha value is -2.96. The van der Waals surface area contributed by atoms with Crippen LogP contribution in [0.2, 0.25) is 0 Å². The number of ether oxygens (including phenoxy) is 1. The van der Waals surface area contributed by atoms with Crippen molar-refractivity contribution in [3.63, 3.8) is 0 Å². The minimum atomic E-state index is -0.459. The van der Waals surface area contributed by atoms with Gasteiger partial charge >= 0.3 is 6.09 Å². The van der Waals surface area contributed by atoms with Crippen LogP contribution in [0.4, 0.5) is 20.7 Å². The van der Waals surface area contributed by atoms with E-state index in [0.29, 0.717) is 34.8 Å². The molecule has 0 aliphatic carbocycles. The first-order valence-corrected chi connectivity index (χ1v) is 11.3. The van der Waals surface area contributed by atoms with Gasteiger partial charge in [0.15, 0.2) is 5.65 Å². The molecule has 1 fully saturated rings. The summed E-state index contributed by atoms with van der Waals surface area (Å²) < 4.78 is 26.5. The standard InChI is InChI=1S/C21H25FN6O4S/c1-13(2)31-21(29)27-8-6-14(7-9-27)28-20-16(11-25-28)19(23-12-24-20)26-18-5-4-15(10-17(18)22)33-32-30-3/h4-5,10-14H,6-9H2,1-3H3,(H,23,24,26). The maximum Gasteiger partial charge on any atom is 0.410 e. The lowest BCUT2D eigenvalue weighted by molar-refractivity contribution is -0.160. The van der Waals surface area contributed by atoms with E-state index in [1.54, 1.807) is 23.2 Å². The third-order valence-electron chi connectivity index (χ3n) is 5.19. The third-order valence-corrected chi connectivity index (χ3v) is 5.84. The van der Waals surface area contributed by atoms with E-state index in [1.165, 1.54) is 19.5 Å². The fraction of sp³-hybridized carbons (Fsp3) is 0.429. The van der Waals surface area contributed by atoms with Crippen LogP contribution in [0.25, 0.3) is 11.0 Å². The maximum atomic E-state index is 14.6. The van der Waals surface area contributed by atoms with Crippen LogP contribution >= 0.6 is 12.0 Å². The zero-order chi connectivity index (χ0) is 23.4. The van der Waals surface area contributed by atoms with Gasteiger partial charge in [0.2, 0.25) is 0 Å². The molecule has 12 heteroatoms. The number of piperidine rings is 1. The number of aromatic nitrogens is 4. The Balaban J connectivity index is 1.48. The minimum Gasteiger partial charge on any atom is -0.447 e. The highest BCUT2D eigenvalue weighted by Crippen LogP contribution is 2.31. The quantitative estimate of drug-likeness (QED) is 0.300. The number of halogens is 1. The third kappa shape index (κ3) is 5.34. The molecule has 1 aliphatic heterocycles. The van der Waals surface area contributed by atoms with Gasteiger partial charge in [-0.3, -0.25) is 0 Å². The van der Waals surface area contributed by atoms with Crippen LogP contribution in [0.1, 0.15) is 32.7 Å². The van der Waals surface area contributed by atoms with E-state index < -0.39 is 5.82 Å². The molecule has 0 unspecified atom stereocenters. The molecule has 10 nitrogen and oxygen atoms in total. The largest absolute Gasteiger partial charge is 0.447 e. The topological polar surface area (TPSA) is 104 Å². The number of nitrogens with one attached hydrogen (secondary N) is 1. The fourth-order valence-electron chi connectivity index (χ4n) is 3.65. The predicted octanol–water partition coefficient (Wildman–Crippen LogP) is 4.48. The number of hydrogen-bond donors (Lipinski definition) is 1. The Morgan fingerprint density at radius 3 is 2.76 bits per heavy atom. The first-order valence-electron chi connectivity index (χ1n) is 10.5. The number of benzene rings is 1. The fourth-order valence-corrected chi connectivity index (χ4v) is 4.07. The summed E-state index contributed by atoms with van der Waals surface area (Å²) in [6.45, 7) is 4.83. The van der Waals surface area contributed by atoms with Gasteiger partial charge < -0.3 is 15.0 Å². The first kappa shape index (κ1) is 23.2. The molecule has 3 heterocycles. The van der Waals surface area contributed by atoms with E-state index >= 15 is 0 Å². The second kappa shape index (κ2) is 10.3. The summed E-state index contributed by atoms with van der Waals surface area (Å²) >= 11 is 0.915. The van der Waals surface area contributed by atoms with Crippen LogP contribution in [-0.2, 0) is 14.0 Å². The second-order valence-electron chi connectivity index (χ2n) is 7.78. The first-order chi connectivity index (χ1) is 16.0. The molecular formula is C21H25FN6O4S. The summed E-state index contributed by atoms with van der Waals surface area (Å²) in [6.07, 6.45) is 4.12. The molecule has 1 amide bonds. The van der Waals surface area contributed by atoms with Gasteiger partial charge in [0, 0.05) is 18.0 Å². The molecule has 0 radical (unpaired) electrons. The molecule has 1 N–H and O–H groups in total. The SMILES string of the molecule is COOSc1ccc(Nc2ncnc3c2cnn3C2CCN(C(=O)OC(C)C)CC2)c(F)c1. The summed E-state index contributed by atoms with van der Waals surface area (Å²) in [7, 11) is 1.38. The number of anilines is 2. The lowest BCUT2D eigenvalue weighted by Gasteiger charge is -2.31. The van der Waals surface area contributed by atoms with E-state index in [0.717, 1.165) is 24.9 Å². The summed E-state index contributed by atoms with van der Waals surface area (Å²) in [6, 6.07) is 4.73. The number of likely N-dealkylation sites (tertiary alicyclic amines) is 1. The van der Waals surface area contributed by atoms with E-state index in [4.69, 9.17) is 9.07 Å². The van der Waals surface area contributed by atoms with Crippen LogP contribution in [0.5, 0.6) is 0 Å². The van der Waals surface area contributed by atoms with Crippen molar-refractivity contribution < 1.29 is 23.1 Å². The van der Waals surface area contributed by atoms with Crippen molar-refractivity contribution in [2.75, 3.05) is 25.5 Å². The molecule has 0 spiro atoms. The maximum absolute atomic E-state index is 14.6. The lowest BCUT2D eigenvalue weighted by Crippen LogP contribution is -2.40. The zero-order valence-electron chi connectivity index (χ0n) is 18.5. The highest BCUT2D eigenvalue weighted by molar-refractivity contribution is 7.94. The van der Waals surface area contributed by atoms with Gasteiger partial charge in [-0.05, 0) is 44.9 Å². The predicted molar refractivity (Wildman–Crippen MR) is 120 cm³/mol. The molecule has 1 aromatic carbocycles. The Kier molecular flexibility index (Phi) is 7.26. The van der Waals surface area contributed by atoms with E-state index in [2.05, 4.69) is 25.3 Å². The summed E-state index contributed by atoms with van der Waals surface area (Å²) in [5.74, 6) is -0.00356. The monoisotopic (exact) mass is 476 g/mol. The van der Waals surface area contributed by atoms with Gasteiger partial charge in [-0.25, -0.2) is 28.7 Å². The van der Waals surface area contributed by atoms with Crippen molar-refractivity contribution in [2.45, 2.75) is 43.7 Å². The number of rotatable bonds is 7. The minimum absolute atomic E-state index is 0.0854. The summed E-state index contributed by atoms with van der Waals surface area (Å²) in [5, 5.41) is 8.23. The number of amides is 1. The highest BCUT2D eigenvalue weighted by Gasteiger charge is 2.27. The Morgan fingerprint density at radius 1 is 1.27 bits per heavy atom. The second-order valence-corrected chi connectivity index (χ2v) is 8.56. The van der Waals surface area contributed by atoms with Crippen LogP contribution < -0.4 is 5.32 Å². The Labute approximate surface area is 194 Å². The number of carbonyl (C=O) groups excluding carboxylic acids is 1. The van der Waals surface area contributed by atoms with E-state index in [-0.39, 0.29) is 23.9 Å². The Bertz CT molecular complexity index is 1120.